The maximum atomic E-state index is 6.41. The van der Waals surface area contributed by atoms with Crippen LogP contribution >= 0.6 is 22.9 Å². The van der Waals surface area contributed by atoms with Crippen molar-refractivity contribution in [2.75, 3.05) is 45.8 Å². The van der Waals surface area contributed by atoms with Gasteiger partial charge in [-0.15, -0.1) is 0 Å². The highest BCUT2D eigenvalue weighted by molar-refractivity contribution is 14.1. The maximum absolute atomic E-state index is 6.41. The van der Waals surface area contributed by atoms with Gasteiger partial charge in [0.15, 0.2) is 0 Å². The number of hydrogen-bond acceptors (Lipinski definition) is 4. The van der Waals surface area contributed by atoms with E-state index in [0.717, 1.165) is 5.92 Å². The maximum Gasteiger partial charge on any atom is 0.0603 e. The second kappa shape index (κ2) is 9.49. The molecule has 5 heteroatoms. The molecule has 0 amide bonds. The second-order valence-electron chi connectivity index (χ2n) is 8.32. The Balaban J connectivity index is 1.31. The molecule has 0 atom stereocenters. The quantitative estimate of drug-likeness (QED) is 0.473. The SMILES string of the molecule is CC(C)N1CCN(CC2CCC(OC3CCN(I)CC3)CC2)CC1. The van der Waals surface area contributed by atoms with E-state index in [1.54, 1.807) is 0 Å². The fourth-order valence-corrected chi connectivity index (χ4v) is 5.07. The molecule has 0 radical (unpaired) electrons. The molecule has 2 saturated heterocycles. The van der Waals surface area contributed by atoms with Crippen LogP contribution in [0.3, 0.4) is 0 Å². The fourth-order valence-electron chi connectivity index (χ4n) is 4.51. The summed E-state index contributed by atoms with van der Waals surface area (Å²) in [4.78, 5) is 5.32. The van der Waals surface area contributed by atoms with Gasteiger partial charge >= 0.3 is 0 Å². The highest BCUT2D eigenvalue weighted by Gasteiger charge is 2.28. The molecule has 3 fully saturated rings. The minimum atomic E-state index is 0.529. The molecule has 2 heterocycles. The first-order chi connectivity index (χ1) is 11.6. The topological polar surface area (TPSA) is 19.0 Å². The van der Waals surface area contributed by atoms with Crippen molar-refractivity contribution in [1.29, 1.82) is 0 Å². The lowest BCUT2D eigenvalue weighted by atomic mass is 9.86. The van der Waals surface area contributed by atoms with Crippen LogP contribution in [0.2, 0.25) is 0 Å². The molecule has 0 aromatic carbocycles. The van der Waals surface area contributed by atoms with E-state index >= 15 is 0 Å². The van der Waals surface area contributed by atoms with Gasteiger partial charge in [0.05, 0.1) is 12.2 Å². The highest BCUT2D eigenvalue weighted by Crippen LogP contribution is 2.29. The Bertz CT molecular complexity index is 358. The summed E-state index contributed by atoms with van der Waals surface area (Å²) >= 11 is 2.44. The van der Waals surface area contributed by atoms with E-state index < -0.39 is 0 Å². The molecule has 3 rings (SSSR count). The van der Waals surface area contributed by atoms with Crippen molar-refractivity contribution in [3.63, 3.8) is 0 Å². The average molecular weight is 449 g/mol. The van der Waals surface area contributed by atoms with Crippen molar-refractivity contribution in [2.24, 2.45) is 5.92 Å². The zero-order valence-electron chi connectivity index (χ0n) is 15.6. The van der Waals surface area contributed by atoms with E-state index in [2.05, 4.69) is 49.6 Å². The normalized spacial score (nSPS) is 32.5. The molecule has 1 saturated carbocycles. The summed E-state index contributed by atoms with van der Waals surface area (Å²) in [6.45, 7) is 13.4. The van der Waals surface area contributed by atoms with E-state index in [1.165, 1.54) is 84.3 Å². The minimum Gasteiger partial charge on any atom is -0.375 e. The van der Waals surface area contributed by atoms with Crippen molar-refractivity contribution in [3.05, 3.63) is 0 Å². The molecule has 0 N–H and O–H groups in total. The standard InChI is InChI=1S/C19H36IN3O/c1-16(2)22-13-11-21(12-14-22)15-17-3-5-18(6-4-17)24-19-7-9-23(20)10-8-19/h16-19H,3-15H2,1-2H3. The van der Waals surface area contributed by atoms with Crippen molar-refractivity contribution >= 4 is 22.9 Å². The third kappa shape index (κ3) is 5.79. The zero-order chi connectivity index (χ0) is 16.9. The lowest BCUT2D eigenvalue weighted by Crippen LogP contribution is -2.50. The van der Waals surface area contributed by atoms with Gasteiger partial charge in [0.1, 0.15) is 0 Å². The van der Waals surface area contributed by atoms with E-state index in [4.69, 9.17) is 4.74 Å². The summed E-state index contributed by atoms with van der Waals surface area (Å²) in [7, 11) is 0. The Morgan fingerprint density at radius 1 is 0.833 bits per heavy atom. The van der Waals surface area contributed by atoms with Crippen LogP contribution in [-0.4, -0.2) is 77.0 Å². The fraction of sp³-hybridized carbons (Fsp3) is 1.00. The van der Waals surface area contributed by atoms with Gasteiger partial charge in [-0.3, -0.25) is 4.90 Å². The molecule has 0 aromatic heterocycles. The molecule has 1 aliphatic carbocycles. The molecule has 4 nitrogen and oxygen atoms in total. The van der Waals surface area contributed by atoms with Crippen LogP contribution in [0.4, 0.5) is 0 Å². The third-order valence-electron chi connectivity index (χ3n) is 6.22. The van der Waals surface area contributed by atoms with Gasteiger partial charge in [0, 0.05) is 74.7 Å². The van der Waals surface area contributed by atoms with Crippen LogP contribution < -0.4 is 0 Å². The molecular weight excluding hydrogens is 413 g/mol. The molecule has 2 aliphatic heterocycles. The first-order valence-electron chi connectivity index (χ1n) is 10.1. The first-order valence-corrected chi connectivity index (χ1v) is 11.1. The summed E-state index contributed by atoms with van der Waals surface area (Å²) < 4.78 is 8.81. The van der Waals surface area contributed by atoms with Crippen LogP contribution in [0.1, 0.15) is 52.4 Å². The smallest absolute Gasteiger partial charge is 0.0603 e. The number of piperidine rings is 1. The number of rotatable bonds is 5. The second-order valence-corrected chi connectivity index (χ2v) is 9.68. The summed E-state index contributed by atoms with van der Waals surface area (Å²) in [6.07, 6.45) is 8.86. The van der Waals surface area contributed by atoms with Crippen LogP contribution in [0, 0.1) is 5.92 Å². The Labute approximate surface area is 162 Å². The van der Waals surface area contributed by atoms with E-state index in [-0.39, 0.29) is 0 Å². The first kappa shape index (κ1) is 19.3. The van der Waals surface area contributed by atoms with E-state index in [9.17, 15) is 0 Å². The molecule has 3 aliphatic rings. The summed E-state index contributed by atoms with van der Waals surface area (Å²) in [5, 5.41) is 0. The highest BCUT2D eigenvalue weighted by atomic mass is 127. The number of nitrogens with zero attached hydrogens (tertiary/aromatic N) is 3. The Morgan fingerprint density at radius 2 is 1.42 bits per heavy atom. The average Bonchev–Trinajstić information content (AvgIpc) is 2.59. The molecule has 0 aromatic rings. The van der Waals surface area contributed by atoms with Gasteiger partial charge in [-0.1, -0.05) is 0 Å². The Kier molecular flexibility index (Phi) is 7.65. The van der Waals surface area contributed by atoms with E-state index in [0.29, 0.717) is 18.2 Å². The summed E-state index contributed by atoms with van der Waals surface area (Å²) in [5.41, 5.74) is 0. The third-order valence-corrected chi connectivity index (χ3v) is 7.18. The van der Waals surface area contributed by atoms with Gasteiger partial charge in [0.2, 0.25) is 0 Å². The van der Waals surface area contributed by atoms with E-state index in [1.807, 2.05) is 0 Å². The molecule has 0 spiro atoms. The molecule has 140 valence electrons. The number of hydrogen-bond donors (Lipinski definition) is 0. The van der Waals surface area contributed by atoms with Crippen LogP contribution in [0.5, 0.6) is 0 Å². The van der Waals surface area contributed by atoms with Gasteiger partial charge < -0.3 is 9.64 Å². The predicted molar refractivity (Wildman–Crippen MR) is 109 cm³/mol. The van der Waals surface area contributed by atoms with Crippen molar-refractivity contribution in [3.8, 4) is 0 Å². The monoisotopic (exact) mass is 449 g/mol. The van der Waals surface area contributed by atoms with Gasteiger partial charge in [-0.05, 0) is 58.3 Å². The molecule has 24 heavy (non-hydrogen) atoms. The number of ether oxygens (including phenoxy) is 1. The van der Waals surface area contributed by atoms with Crippen LogP contribution in [0.25, 0.3) is 0 Å². The molecule has 0 unspecified atom stereocenters. The van der Waals surface area contributed by atoms with Crippen LogP contribution in [0.15, 0.2) is 0 Å². The summed E-state index contributed by atoms with van der Waals surface area (Å²) in [6, 6.07) is 0.707. The van der Waals surface area contributed by atoms with Crippen molar-refractivity contribution in [2.45, 2.75) is 70.6 Å². The Hall–Kier alpha value is 0.570. The number of piperazine rings is 1. The lowest BCUT2D eigenvalue weighted by molar-refractivity contribution is -0.0546. The van der Waals surface area contributed by atoms with Gasteiger partial charge in [0.25, 0.3) is 0 Å². The molecule has 0 bridgehead atoms. The molecular formula is C19H36IN3O. The summed E-state index contributed by atoms with van der Waals surface area (Å²) in [5.74, 6) is 0.909. The predicted octanol–water partition coefficient (Wildman–Crippen LogP) is 3.40. The van der Waals surface area contributed by atoms with Crippen molar-refractivity contribution in [1.82, 2.24) is 12.9 Å². The van der Waals surface area contributed by atoms with Crippen molar-refractivity contribution < 1.29 is 4.74 Å². The van der Waals surface area contributed by atoms with Gasteiger partial charge in [-0.2, -0.15) is 0 Å². The Morgan fingerprint density at radius 3 is 2.00 bits per heavy atom. The lowest BCUT2D eigenvalue weighted by Gasteiger charge is -2.40. The van der Waals surface area contributed by atoms with Crippen LogP contribution in [-0.2, 0) is 4.74 Å². The number of halogens is 1. The van der Waals surface area contributed by atoms with Gasteiger partial charge in [-0.25, -0.2) is 3.11 Å². The zero-order valence-corrected chi connectivity index (χ0v) is 17.8. The minimum absolute atomic E-state index is 0.529. The largest absolute Gasteiger partial charge is 0.375 e.